The summed E-state index contributed by atoms with van der Waals surface area (Å²) >= 11 is -1.79. The zero-order valence-corrected chi connectivity index (χ0v) is 13.8. The summed E-state index contributed by atoms with van der Waals surface area (Å²) in [5.41, 5.74) is 1.24. The van der Waals surface area contributed by atoms with Gasteiger partial charge in [-0.05, 0) is 0 Å². The van der Waals surface area contributed by atoms with Gasteiger partial charge in [0.2, 0.25) is 0 Å². The van der Waals surface area contributed by atoms with Crippen molar-refractivity contribution >= 4 is 18.5 Å². The second kappa shape index (κ2) is 6.66. The van der Waals surface area contributed by atoms with Gasteiger partial charge >= 0.3 is 103 Å². The third-order valence-electron chi connectivity index (χ3n) is 3.01. The first-order valence-corrected chi connectivity index (χ1v) is 9.67. The Bertz CT molecular complexity index is 593. The van der Waals surface area contributed by atoms with Crippen LogP contribution in [0.15, 0.2) is 51.8 Å². The first kappa shape index (κ1) is 15.6. The van der Waals surface area contributed by atoms with Gasteiger partial charge in [0.25, 0.3) is 0 Å². The van der Waals surface area contributed by atoms with E-state index in [9.17, 15) is 0 Å². The molecular formula is C14H13Cl2NZr. The fourth-order valence-corrected chi connectivity index (χ4v) is 6.07. The maximum absolute atomic E-state index is 4.44. The largest absolute Gasteiger partial charge is 1.00 e. The number of aromatic amines is 1. The Morgan fingerprint density at radius 1 is 1.17 bits per heavy atom. The van der Waals surface area contributed by atoms with Gasteiger partial charge in [-0.1, -0.05) is 0 Å². The first-order valence-electron chi connectivity index (χ1n) is 5.48. The Kier molecular flexibility index (Phi) is 5.78. The predicted octanol–water partition coefficient (Wildman–Crippen LogP) is -3.30. The average Bonchev–Trinajstić information content (AvgIpc) is 2.97. The van der Waals surface area contributed by atoms with Crippen molar-refractivity contribution in [1.82, 2.24) is 4.98 Å². The molecule has 0 atom stereocenters. The van der Waals surface area contributed by atoms with Crippen molar-refractivity contribution in [2.45, 2.75) is 6.42 Å². The van der Waals surface area contributed by atoms with Crippen LogP contribution in [-0.2, 0) is 21.3 Å². The molecule has 3 rings (SSSR count). The van der Waals surface area contributed by atoms with Crippen LogP contribution >= 0.6 is 0 Å². The van der Waals surface area contributed by atoms with Crippen LogP contribution in [0.4, 0.5) is 0 Å². The molecule has 92 valence electrons. The number of aromatic nitrogens is 1. The van der Waals surface area contributed by atoms with E-state index in [0.717, 1.165) is 6.42 Å². The number of allylic oxidation sites excluding steroid dienone is 4. The van der Waals surface area contributed by atoms with E-state index in [4.69, 9.17) is 0 Å². The van der Waals surface area contributed by atoms with Crippen LogP contribution in [0.1, 0.15) is 6.42 Å². The number of halogens is 2. The molecule has 1 aromatic heterocycles. The van der Waals surface area contributed by atoms with E-state index in [0.29, 0.717) is 0 Å². The van der Waals surface area contributed by atoms with Crippen LogP contribution in [0.25, 0.3) is 10.9 Å². The van der Waals surface area contributed by atoms with Crippen LogP contribution in [0.2, 0.25) is 0 Å². The van der Waals surface area contributed by atoms with Crippen LogP contribution in [0.5, 0.6) is 0 Å². The van der Waals surface area contributed by atoms with Gasteiger partial charge in [0, 0.05) is 0 Å². The molecule has 1 nitrogen and oxygen atoms in total. The van der Waals surface area contributed by atoms with E-state index < -0.39 is 21.3 Å². The molecular weight excluding hydrogens is 344 g/mol. The van der Waals surface area contributed by atoms with Crippen molar-refractivity contribution in [2.75, 3.05) is 0 Å². The van der Waals surface area contributed by atoms with E-state index >= 15 is 0 Å². The van der Waals surface area contributed by atoms with Crippen molar-refractivity contribution in [3.8, 4) is 0 Å². The summed E-state index contributed by atoms with van der Waals surface area (Å²) in [6.07, 6.45) is 7.76. The van der Waals surface area contributed by atoms with Gasteiger partial charge in [-0.2, -0.15) is 0 Å². The second-order valence-electron chi connectivity index (χ2n) is 4.07. The zero-order valence-electron chi connectivity index (χ0n) is 9.79. The quantitative estimate of drug-likeness (QED) is 0.580. The summed E-state index contributed by atoms with van der Waals surface area (Å²) < 4.78 is 7.42. The van der Waals surface area contributed by atoms with Crippen LogP contribution < -0.4 is 28.2 Å². The first-order chi connectivity index (χ1) is 7.84. The van der Waals surface area contributed by atoms with Gasteiger partial charge in [-0.15, -0.1) is 0 Å². The molecule has 1 heterocycles. The molecule has 0 fully saturated rings. The molecule has 0 saturated carbocycles. The minimum Gasteiger partial charge on any atom is -1.00 e. The number of hydrogen-bond donors (Lipinski definition) is 1. The van der Waals surface area contributed by atoms with E-state index in [2.05, 4.69) is 57.8 Å². The summed E-state index contributed by atoms with van der Waals surface area (Å²) in [6, 6.07) is 10.7. The molecule has 2 aromatic rings. The Labute approximate surface area is 127 Å². The summed E-state index contributed by atoms with van der Waals surface area (Å²) in [5, 5.41) is 1.31. The number of benzene rings is 1. The Balaban J connectivity index is 0.000000810. The monoisotopic (exact) mass is 355 g/mol. The molecule has 0 aliphatic heterocycles. The van der Waals surface area contributed by atoms with E-state index in [1.807, 2.05) is 0 Å². The minimum atomic E-state index is -1.79. The van der Waals surface area contributed by atoms with Gasteiger partial charge in [0.1, 0.15) is 0 Å². The zero-order chi connectivity index (χ0) is 11.0. The van der Waals surface area contributed by atoms with Crippen molar-refractivity contribution in [3.05, 3.63) is 51.8 Å². The predicted molar refractivity (Wildman–Crippen MR) is 66.9 cm³/mol. The Hall–Kier alpha value is -0.427. The molecule has 0 amide bonds. The maximum Gasteiger partial charge on any atom is -1.00 e. The number of hydrogen-bond acceptors (Lipinski definition) is 0. The maximum atomic E-state index is 4.44. The van der Waals surface area contributed by atoms with Gasteiger partial charge < -0.3 is 24.8 Å². The molecule has 0 saturated heterocycles. The molecule has 0 unspecified atom stereocenters. The minimum absolute atomic E-state index is 0. The van der Waals surface area contributed by atoms with Crippen molar-refractivity contribution in [1.29, 1.82) is 0 Å². The van der Waals surface area contributed by atoms with Crippen LogP contribution in [0.3, 0.4) is 0 Å². The number of fused-ring (bicyclic) bond motifs is 1. The molecule has 18 heavy (non-hydrogen) atoms. The van der Waals surface area contributed by atoms with Crippen molar-refractivity contribution in [3.63, 3.8) is 0 Å². The number of nitrogens with one attached hydrogen (secondary N) is 1. The summed E-state index contributed by atoms with van der Waals surface area (Å²) in [7, 11) is 0. The van der Waals surface area contributed by atoms with Gasteiger partial charge in [-0.3, -0.25) is 0 Å². The number of H-pyrrole nitrogens is 1. The Morgan fingerprint density at radius 2 is 1.94 bits per heavy atom. The third-order valence-corrected chi connectivity index (χ3v) is 8.09. The molecule has 1 aliphatic rings. The molecule has 0 spiro atoms. The van der Waals surface area contributed by atoms with Gasteiger partial charge in [0.05, 0.1) is 0 Å². The number of rotatable bonds is 2. The SMILES string of the molecule is [CH2]=[Zr+2]([C]1=CC=CC1)[c]1cc2ccccc2[nH]1.[Cl-].[Cl-]. The molecule has 0 bridgehead atoms. The van der Waals surface area contributed by atoms with Crippen molar-refractivity contribution in [2.24, 2.45) is 0 Å². The van der Waals surface area contributed by atoms with Crippen molar-refractivity contribution < 1.29 is 46.1 Å². The smallest absolute Gasteiger partial charge is 1.00 e. The summed E-state index contributed by atoms with van der Waals surface area (Å²) in [5.74, 6) is 0. The third kappa shape index (κ3) is 2.93. The fourth-order valence-electron chi connectivity index (χ4n) is 2.08. The van der Waals surface area contributed by atoms with Crippen LogP contribution in [-0.4, -0.2) is 9.20 Å². The molecule has 0 radical (unpaired) electrons. The topological polar surface area (TPSA) is 15.8 Å². The number of para-hydroxylation sites is 1. The van der Waals surface area contributed by atoms with E-state index in [1.165, 1.54) is 14.3 Å². The van der Waals surface area contributed by atoms with E-state index in [1.54, 1.807) is 3.28 Å². The molecule has 1 aromatic carbocycles. The van der Waals surface area contributed by atoms with E-state index in [-0.39, 0.29) is 24.8 Å². The van der Waals surface area contributed by atoms with Gasteiger partial charge in [-0.25, -0.2) is 0 Å². The average molecular weight is 357 g/mol. The summed E-state index contributed by atoms with van der Waals surface area (Å²) in [6.45, 7) is 0. The Morgan fingerprint density at radius 3 is 2.61 bits per heavy atom. The summed E-state index contributed by atoms with van der Waals surface area (Å²) in [4.78, 5) is 3.53. The molecule has 1 N–H and O–H groups in total. The standard InChI is InChI=1S/C8H6N.C5H5.CH2.2ClH.Zr/c1-2-4-8-7(3-1)5-6-9-8;1-2-4-5-3-1;;;;/h1-5,9H;1-3H,4H2;1H2;2*1H;/q;;;;;+2/p-2. The van der Waals surface area contributed by atoms with Crippen LogP contribution in [0, 0.1) is 0 Å². The van der Waals surface area contributed by atoms with Gasteiger partial charge in [0.15, 0.2) is 0 Å². The normalized spacial score (nSPS) is 12.3. The fraction of sp³-hybridized carbons (Fsp3) is 0.0714. The molecule has 1 aliphatic carbocycles. The molecule has 4 heteroatoms. The second-order valence-corrected chi connectivity index (χ2v) is 9.33.